The summed E-state index contributed by atoms with van der Waals surface area (Å²) in [5.74, 6) is -1.47. The standard InChI is InChI=1S/C19H20O5/c20-18(21)16-8-10-17(11-9-16)19(22)24-13-5-4-12-23-14-15-6-2-1-3-7-15/h1-3,6-11H,4-5,12-14H2,(H,20,21). The van der Waals surface area contributed by atoms with Crippen LogP contribution in [0.1, 0.15) is 39.1 Å². The Balaban J connectivity index is 1.58. The van der Waals surface area contributed by atoms with E-state index in [1.165, 1.54) is 24.3 Å². The molecule has 0 aromatic heterocycles. The van der Waals surface area contributed by atoms with Gasteiger partial charge in [-0.1, -0.05) is 30.3 Å². The summed E-state index contributed by atoms with van der Waals surface area (Å²) in [6.07, 6.45) is 1.52. The molecule has 126 valence electrons. The van der Waals surface area contributed by atoms with Gasteiger partial charge in [0.05, 0.1) is 24.3 Å². The van der Waals surface area contributed by atoms with Crippen molar-refractivity contribution in [3.8, 4) is 0 Å². The highest BCUT2D eigenvalue weighted by molar-refractivity contribution is 5.92. The molecule has 0 heterocycles. The van der Waals surface area contributed by atoms with Gasteiger partial charge in [-0.15, -0.1) is 0 Å². The van der Waals surface area contributed by atoms with Gasteiger partial charge in [-0.2, -0.15) is 0 Å². The first-order valence-corrected chi connectivity index (χ1v) is 7.79. The van der Waals surface area contributed by atoms with Crippen molar-refractivity contribution in [1.29, 1.82) is 0 Å². The molecule has 0 saturated heterocycles. The summed E-state index contributed by atoms with van der Waals surface area (Å²) < 4.78 is 10.7. The molecule has 0 bridgehead atoms. The number of hydrogen-bond donors (Lipinski definition) is 1. The van der Waals surface area contributed by atoms with E-state index in [0.29, 0.717) is 31.8 Å². The topological polar surface area (TPSA) is 72.8 Å². The molecule has 0 aliphatic carbocycles. The molecular weight excluding hydrogens is 308 g/mol. The van der Waals surface area contributed by atoms with Crippen LogP contribution >= 0.6 is 0 Å². The SMILES string of the molecule is O=C(O)c1ccc(C(=O)OCCCCOCc2ccccc2)cc1. The van der Waals surface area contributed by atoms with Crippen molar-refractivity contribution in [2.75, 3.05) is 13.2 Å². The first kappa shape index (κ1) is 17.7. The van der Waals surface area contributed by atoms with Crippen LogP contribution in [0.5, 0.6) is 0 Å². The van der Waals surface area contributed by atoms with Crippen molar-refractivity contribution in [1.82, 2.24) is 0 Å². The Bertz CT molecular complexity index is 649. The van der Waals surface area contributed by atoms with Crippen LogP contribution < -0.4 is 0 Å². The number of benzene rings is 2. The molecular formula is C19H20O5. The van der Waals surface area contributed by atoms with Crippen LogP contribution in [0.15, 0.2) is 54.6 Å². The van der Waals surface area contributed by atoms with Crippen molar-refractivity contribution in [3.63, 3.8) is 0 Å². The number of ether oxygens (including phenoxy) is 2. The molecule has 0 unspecified atom stereocenters. The van der Waals surface area contributed by atoms with Gasteiger partial charge in [-0.25, -0.2) is 9.59 Å². The normalized spacial score (nSPS) is 10.3. The van der Waals surface area contributed by atoms with Gasteiger partial charge in [-0.05, 0) is 42.7 Å². The van der Waals surface area contributed by atoms with Crippen LogP contribution in [-0.2, 0) is 16.1 Å². The fourth-order valence-corrected chi connectivity index (χ4v) is 2.07. The predicted octanol–water partition coefficient (Wildman–Crippen LogP) is 3.54. The van der Waals surface area contributed by atoms with E-state index in [9.17, 15) is 9.59 Å². The van der Waals surface area contributed by atoms with Crippen LogP contribution in [0.4, 0.5) is 0 Å². The molecule has 0 atom stereocenters. The molecule has 0 aliphatic heterocycles. The predicted molar refractivity (Wildman–Crippen MR) is 89.0 cm³/mol. The van der Waals surface area contributed by atoms with Crippen molar-refractivity contribution in [2.45, 2.75) is 19.4 Å². The van der Waals surface area contributed by atoms with Crippen molar-refractivity contribution in [3.05, 3.63) is 71.3 Å². The van der Waals surface area contributed by atoms with Crippen LogP contribution in [0.25, 0.3) is 0 Å². The minimum absolute atomic E-state index is 0.141. The summed E-state index contributed by atoms with van der Waals surface area (Å²) in [5, 5.41) is 8.80. The highest BCUT2D eigenvalue weighted by Gasteiger charge is 2.08. The van der Waals surface area contributed by atoms with Gasteiger partial charge in [0.1, 0.15) is 0 Å². The largest absolute Gasteiger partial charge is 0.478 e. The molecule has 5 heteroatoms. The molecule has 0 amide bonds. The summed E-state index contributed by atoms with van der Waals surface area (Å²) in [7, 11) is 0. The molecule has 0 fully saturated rings. The van der Waals surface area contributed by atoms with Crippen LogP contribution in [-0.4, -0.2) is 30.3 Å². The first-order chi connectivity index (χ1) is 11.7. The number of rotatable bonds is 9. The average Bonchev–Trinajstić information content (AvgIpc) is 2.61. The summed E-state index contributed by atoms with van der Waals surface area (Å²) in [6.45, 7) is 1.50. The zero-order valence-corrected chi connectivity index (χ0v) is 13.3. The Morgan fingerprint density at radius 2 is 1.46 bits per heavy atom. The van der Waals surface area contributed by atoms with E-state index in [-0.39, 0.29) is 5.56 Å². The van der Waals surface area contributed by atoms with Crippen molar-refractivity contribution in [2.24, 2.45) is 0 Å². The number of carboxylic acids is 1. The van der Waals surface area contributed by atoms with E-state index in [0.717, 1.165) is 12.0 Å². The molecule has 0 spiro atoms. The Kier molecular flexibility index (Phi) is 6.98. The van der Waals surface area contributed by atoms with Gasteiger partial charge in [0.15, 0.2) is 0 Å². The molecule has 2 aromatic rings. The number of carbonyl (C=O) groups is 2. The van der Waals surface area contributed by atoms with Gasteiger partial charge in [0.2, 0.25) is 0 Å². The Morgan fingerprint density at radius 1 is 0.833 bits per heavy atom. The third kappa shape index (κ3) is 5.85. The van der Waals surface area contributed by atoms with E-state index >= 15 is 0 Å². The smallest absolute Gasteiger partial charge is 0.338 e. The number of aromatic carboxylic acids is 1. The lowest BCUT2D eigenvalue weighted by Crippen LogP contribution is -2.08. The summed E-state index contributed by atoms with van der Waals surface area (Å²) in [5.41, 5.74) is 1.62. The van der Waals surface area contributed by atoms with E-state index in [1.807, 2.05) is 30.3 Å². The van der Waals surface area contributed by atoms with Crippen molar-refractivity contribution < 1.29 is 24.2 Å². The van der Waals surface area contributed by atoms with Crippen molar-refractivity contribution >= 4 is 11.9 Å². The Morgan fingerprint density at radius 3 is 2.12 bits per heavy atom. The third-order valence-electron chi connectivity index (χ3n) is 3.40. The van der Waals surface area contributed by atoms with Crippen LogP contribution in [0, 0.1) is 0 Å². The second-order valence-electron chi connectivity index (χ2n) is 5.26. The minimum atomic E-state index is -1.02. The van der Waals surface area contributed by atoms with E-state index in [2.05, 4.69) is 0 Å². The molecule has 0 aliphatic rings. The number of carboxylic acid groups (broad SMARTS) is 1. The van der Waals surface area contributed by atoms with Crippen LogP contribution in [0.2, 0.25) is 0 Å². The van der Waals surface area contributed by atoms with Gasteiger partial charge >= 0.3 is 11.9 Å². The third-order valence-corrected chi connectivity index (χ3v) is 3.40. The van der Waals surface area contributed by atoms with E-state index in [4.69, 9.17) is 14.6 Å². The maximum Gasteiger partial charge on any atom is 0.338 e. The zero-order valence-electron chi connectivity index (χ0n) is 13.3. The van der Waals surface area contributed by atoms with E-state index in [1.54, 1.807) is 0 Å². The number of hydrogen-bond acceptors (Lipinski definition) is 4. The lowest BCUT2D eigenvalue weighted by atomic mass is 10.1. The minimum Gasteiger partial charge on any atom is -0.478 e. The maximum atomic E-state index is 11.8. The highest BCUT2D eigenvalue weighted by atomic mass is 16.5. The molecule has 1 N–H and O–H groups in total. The monoisotopic (exact) mass is 328 g/mol. The summed E-state index contributed by atoms with van der Waals surface area (Å²) in [4.78, 5) is 22.5. The molecule has 24 heavy (non-hydrogen) atoms. The zero-order chi connectivity index (χ0) is 17.2. The molecule has 0 saturated carbocycles. The molecule has 5 nitrogen and oxygen atoms in total. The average molecular weight is 328 g/mol. The molecule has 2 aromatic carbocycles. The van der Waals surface area contributed by atoms with E-state index < -0.39 is 11.9 Å². The first-order valence-electron chi connectivity index (χ1n) is 7.79. The maximum absolute atomic E-state index is 11.8. The molecule has 2 rings (SSSR count). The highest BCUT2D eigenvalue weighted by Crippen LogP contribution is 2.07. The summed E-state index contributed by atoms with van der Waals surface area (Å²) >= 11 is 0. The van der Waals surface area contributed by atoms with Gasteiger partial charge < -0.3 is 14.6 Å². The number of unbranched alkanes of at least 4 members (excludes halogenated alkanes) is 1. The second kappa shape index (κ2) is 9.47. The van der Waals surface area contributed by atoms with Gasteiger partial charge in [0.25, 0.3) is 0 Å². The fraction of sp³-hybridized carbons (Fsp3) is 0.263. The second-order valence-corrected chi connectivity index (χ2v) is 5.26. The van der Waals surface area contributed by atoms with Crippen LogP contribution in [0.3, 0.4) is 0 Å². The summed E-state index contributed by atoms with van der Waals surface area (Å²) in [6, 6.07) is 15.6. The Hall–Kier alpha value is -2.66. The van der Waals surface area contributed by atoms with Gasteiger partial charge in [-0.3, -0.25) is 0 Å². The fourth-order valence-electron chi connectivity index (χ4n) is 2.07. The quantitative estimate of drug-likeness (QED) is 0.563. The lowest BCUT2D eigenvalue weighted by molar-refractivity contribution is 0.0477. The number of carbonyl (C=O) groups excluding carboxylic acids is 1. The lowest BCUT2D eigenvalue weighted by Gasteiger charge is -2.06. The van der Waals surface area contributed by atoms with Gasteiger partial charge in [0, 0.05) is 6.61 Å². The molecule has 0 radical (unpaired) electrons. The number of esters is 1. The Labute approximate surface area is 140 Å².